The van der Waals surface area contributed by atoms with Crippen LogP contribution in [0.25, 0.3) is 5.65 Å². The molecule has 1 saturated heterocycles. The summed E-state index contributed by atoms with van der Waals surface area (Å²) >= 11 is 1.50. The number of likely N-dealkylation sites (N-methyl/N-ethyl adjacent to an activating group) is 1. The maximum atomic E-state index is 12.5. The molecule has 0 unspecified atom stereocenters. The van der Waals surface area contributed by atoms with Gasteiger partial charge < -0.3 is 9.80 Å². The highest BCUT2D eigenvalue weighted by Crippen LogP contribution is 2.35. The fourth-order valence-corrected chi connectivity index (χ4v) is 4.17. The minimum absolute atomic E-state index is 0.0153. The molecule has 2 aliphatic rings. The van der Waals surface area contributed by atoms with Crippen molar-refractivity contribution < 1.29 is 4.79 Å². The quantitative estimate of drug-likeness (QED) is 0.687. The lowest BCUT2D eigenvalue weighted by Gasteiger charge is -2.44. The van der Waals surface area contributed by atoms with Crippen LogP contribution in [0.4, 0.5) is 5.82 Å². The van der Waals surface area contributed by atoms with Crippen molar-refractivity contribution in [1.82, 2.24) is 29.7 Å². The summed E-state index contributed by atoms with van der Waals surface area (Å²) in [5.74, 6) is 2.35. The molecule has 1 saturated carbocycles. The van der Waals surface area contributed by atoms with Crippen LogP contribution in [0.15, 0.2) is 17.5 Å². The van der Waals surface area contributed by atoms with E-state index in [2.05, 4.69) is 20.1 Å². The van der Waals surface area contributed by atoms with Gasteiger partial charge in [0.05, 0.1) is 11.0 Å². The summed E-state index contributed by atoms with van der Waals surface area (Å²) in [5.41, 5.74) is 1.33. The molecule has 5 rings (SSSR count). The molecule has 0 spiro atoms. The number of nitrogens with zero attached hydrogens (tertiary/aromatic N) is 7. The maximum absolute atomic E-state index is 12.5. The van der Waals surface area contributed by atoms with Crippen LogP contribution in [0.2, 0.25) is 0 Å². The lowest BCUT2D eigenvalue weighted by molar-refractivity contribution is 0.0699. The third-order valence-corrected chi connectivity index (χ3v) is 6.41. The molecule has 1 aliphatic carbocycles. The summed E-state index contributed by atoms with van der Waals surface area (Å²) < 4.78 is 1.89. The second-order valence-electron chi connectivity index (χ2n) is 7.37. The van der Waals surface area contributed by atoms with Crippen molar-refractivity contribution in [2.75, 3.05) is 25.0 Å². The molecule has 0 aromatic carbocycles. The number of rotatable bonds is 4. The third kappa shape index (κ3) is 2.77. The summed E-state index contributed by atoms with van der Waals surface area (Å²) in [6.45, 7) is 3.45. The van der Waals surface area contributed by atoms with Crippen LogP contribution in [0.3, 0.4) is 0 Å². The van der Waals surface area contributed by atoms with E-state index in [-0.39, 0.29) is 11.9 Å². The summed E-state index contributed by atoms with van der Waals surface area (Å²) in [5, 5.41) is 16.1. The first-order valence-electron chi connectivity index (χ1n) is 9.27. The maximum Gasteiger partial charge on any atom is 0.273 e. The Kier molecular flexibility index (Phi) is 3.85. The Bertz CT molecular complexity index is 1000. The van der Waals surface area contributed by atoms with Gasteiger partial charge in [-0.05, 0) is 31.9 Å². The fourth-order valence-electron chi connectivity index (χ4n) is 3.58. The van der Waals surface area contributed by atoms with E-state index in [9.17, 15) is 4.79 Å². The van der Waals surface area contributed by atoms with E-state index < -0.39 is 0 Å². The molecule has 1 amide bonds. The average Bonchev–Trinajstić information content (AvgIpc) is 3.18. The molecule has 140 valence electrons. The van der Waals surface area contributed by atoms with E-state index >= 15 is 0 Å². The summed E-state index contributed by atoms with van der Waals surface area (Å²) in [6.07, 6.45) is 3.59. The van der Waals surface area contributed by atoms with Crippen molar-refractivity contribution in [2.24, 2.45) is 0 Å². The minimum atomic E-state index is -0.0153. The molecule has 8 nitrogen and oxygen atoms in total. The van der Waals surface area contributed by atoms with E-state index in [1.807, 2.05) is 36.0 Å². The summed E-state index contributed by atoms with van der Waals surface area (Å²) in [7, 11) is 1.85. The molecule has 3 aromatic heterocycles. The van der Waals surface area contributed by atoms with Crippen molar-refractivity contribution in [3.63, 3.8) is 0 Å². The topological polar surface area (TPSA) is 79.5 Å². The first kappa shape index (κ1) is 16.6. The van der Waals surface area contributed by atoms with Crippen LogP contribution in [-0.2, 0) is 0 Å². The summed E-state index contributed by atoms with van der Waals surface area (Å²) in [6, 6.07) is 4.12. The van der Waals surface area contributed by atoms with Gasteiger partial charge in [-0.2, -0.15) is 4.52 Å². The molecule has 0 radical (unpaired) electrons. The zero-order valence-electron chi connectivity index (χ0n) is 15.4. The number of fused-ring (bicyclic) bond motifs is 1. The predicted molar refractivity (Wildman–Crippen MR) is 102 cm³/mol. The van der Waals surface area contributed by atoms with Gasteiger partial charge in [0.2, 0.25) is 0 Å². The highest BCUT2D eigenvalue weighted by atomic mass is 32.1. The number of hydrogen-bond acceptors (Lipinski definition) is 7. The van der Waals surface area contributed by atoms with E-state index in [1.54, 1.807) is 4.90 Å². The number of amides is 1. The molecular weight excluding hydrogens is 362 g/mol. The van der Waals surface area contributed by atoms with Gasteiger partial charge in [0.1, 0.15) is 11.5 Å². The molecule has 1 aliphatic heterocycles. The van der Waals surface area contributed by atoms with Crippen LogP contribution < -0.4 is 4.90 Å². The van der Waals surface area contributed by atoms with Crippen LogP contribution in [0.1, 0.15) is 46.5 Å². The lowest BCUT2D eigenvalue weighted by Crippen LogP contribution is -2.60. The van der Waals surface area contributed by atoms with Gasteiger partial charge in [-0.3, -0.25) is 4.79 Å². The van der Waals surface area contributed by atoms with Crippen LogP contribution in [0.5, 0.6) is 0 Å². The number of aromatic nitrogens is 5. The van der Waals surface area contributed by atoms with Gasteiger partial charge in [-0.1, -0.05) is 6.42 Å². The van der Waals surface area contributed by atoms with Gasteiger partial charge in [0, 0.05) is 31.4 Å². The Morgan fingerprint density at radius 2 is 2.07 bits per heavy atom. The molecule has 3 aromatic rings. The Morgan fingerprint density at radius 1 is 1.26 bits per heavy atom. The van der Waals surface area contributed by atoms with Crippen molar-refractivity contribution in [1.29, 1.82) is 0 Å². The van der Waals surface area contributed by atoms with Gasteiger partial charge in [-0.15, -0.1) is 26.6 Å². The van der Waals surface area contributed by atoms with Crippen molar-refractivity contribution >= 4 is 28.7 Å². The van der Waals surface area contributed by atoms with Crippen LogP contribution >= 0.6 is 11.3 Å². The number of carbonyl (C=O) groups excluding carboxylic acids is 1. The summed E-state index contributed by atoms with van der Waals surface area (Å²) in [4.78, 5) is 20.8. The average molecular weight is 383 g/mol. The van der Waals surface area contributed by atoms with E-state index in [0.717, 1.165) is 35.4 Å². The van der Waals surface area contributed by atoms with E-state index in [0.29, 0.717) is 11.6 Å². The Labute approximate surface area is 160 Å². The van der Waals surface area contributed by atoms with Gasteiger partial charge in [0.25, 0.3) is 5.91 Å². The number of anilines is 1. The molecule has 4 heterocycles. The molecular formula is C18H21N7OS. The monoisotopic (exact) mass is 383 g/mol. The highest BCUT2D eigenvalue weighted by Gasteiger charge is 2.34. The lowest BCUT2D eigenvalue weighted by atomic mass is 9.85. The number of thiazole rings is 1. The number of carbonyl (C=O) groups is 1. The molecule has 2 fully saturated rings. The molecule has 0 atom stereocenters. The molecule has 0 N–H and O–H groups in total. The predicted octanol–water partition coefficient (Wildman–Crippen LogP) is 2.12. The number of hydrogen-bond donors (Lipinski definition) is 0. The normalized spacial score (nSPS) is 17.8. The van der Waals surface area contributed by atoms with Crippen molar-refractivity contribution in [3.8, 4) is 0 Å². The zero-order chi connectivity index (χ0) is 18.5. The first-order valence-corrected chi connectivity index (χ1v) is 10.1. The van der Waals surface area contributed by atoms with E-state index in [1.165, 1.54) is 30.6 Å². The smallest absolute Gasteiger partial charge is 0.273 e. The Morgan fingerprint density at radius 3 is 2.74 bits per heavy atom. The van der Waals surface area contributed by atoms with Crippen molar-refractivity contribution in [3.05, 3.63) is 34.0 Å². The first-order chi connectivity index (χ1) is 13.1. The van der Waals surface area contributed by atoms with Gasteiger partial charge >= 0.3 is 0 Å². The Hall–Kier alpha value is -2.55. The largest absolute Gasteiger partial charge is 0.351 e. The van der Waals surface area contributed by atoms with Gasteiger partial charge in [-0.25, -0.2) is 4.98 Å². The zero-order valence-corrected chi connectivity index (χ0v) is 16.2. The van der Waals surface area contributed by atoms with Crippen LogP contribution in [0, 0.1) is 6.92 Å². The molecule has 27 heavy (non-hydrogen) atoms. The second kappa shape index (κ2) is 6.26. The molecule has 0 bridgehead atoms. The van der Waals surface area contributed by atoms with Gasteiger partial charge in [0.15, 0.2) is 11.5 Å². The molecule has 9 heteroatoms. The third-order valence-electron chi connectivity index (χ3n) is 5.64. The van der Waals surface area contributed by atoms with Crippen LogP contribution in [-0.4, -0.2) is 61.8 Å². The SMILES string of the molecule is Cc1nc(C(=O)N(C)C2CN(c3ccc4nnc(C5CCC5)n4n3)C2)cs1. The minimum Gasteiger partial charge on any atom is -0.351 e. The second-order valence-corrected chi connectivity index (χ2v) is 8.44. The fraction of sp³-hybridized carbons (Fsp3) is 0.500. The van der Waals surface area contributed by atoms with E-state index in [4.69, 9.17) is 5.10 Å². The number of aryl methyl sites for hydroxylation is 1. The standard InChI is InChI=1S/C18H21N7OS/c1-11-19-14(10-27-11)18(26)23(2)13-8-24(9-13)16-7-6-15-20-21-17(25(15)22-16)12-4-3-5-12/h6-7,10,12-13H,3-5,8-9H2,1-2H3. The Balaban J connectivity index is 1.29. The highest BCUT2D eigenvalue weighted by molar-refractivity contribution is 7.09. The van der Waals surface area contributed by atoms with Crippen molar-refractivity contribution in [2.45, 2.75) is 38.1 Å².